The van der Waals surface area contributed by atoms with Crippen LogP contribution in [0.3, 0.4) is 0 Å². The lowest BCUT2D eigenvalue weighted by Crippen LogP contribution is -2.61. The Balaban J connectivity index is 1.43. The van der Waals surface area contributed by atoms with Gasteiger partial charge in [0, 0.05) is 34.1 Å². The third-order valence-corrected chi connectivity index (χ3v) is 15.2. The van der Waals surface area contributed by atoms with Crippen molar-refractivity contribution in [1.29, 1.82) is 0 Å². The second-order valence-corrected chi connectivity index (χ2v) is 25.1. The smallest absolute Gasteiger partial charge is 0.252 e. The van der Waals surface area contributed by atoms with Gasteiger partial charge in [0.2, 0.25) is 0 Å². The fourth-order valence-corrected chi connectivity index (χ4v) is 12.4. The minimum Gasteiger partial charge on any atom is -0.311 e. The van der Waals surface area contributed by atoms with Crippen molar-refractivity contribution >= 4 is 57.2 Å². The van der Waals surface area contributed by atoms with Gasteiger partial charge in [0.1, 0.15) is 0 Å². The molecule has 3 heteroatoms. The summed E-state index contributed by atoms with van der Waals surface area (Å²) in [7, 11) is 0. The number of benzene rings is 5. The van der Waals surface area contributed by atoms with Crippen LogP contribution in [0.15, 0.2) is 78.9 Å². The Labute approximate surface area is 364 Å². The monoisotopic (exact) mass is 795 g/mol. The van der Waals surface area contributed by atoms with Crippen LogP contribution in [0.2, 0.25) is 0 Å². The number of fused-ring (bicyclic) bond motifs is 6. The van der Waals surface area contributed by atoms with Gasteiger partial charge in [0.15, 0.2) is 0 Å². The molecule has 0 spiro atoms. The molecule has 0 aromatic heterocycles. The van der Waals surface area contributed by atoms with Crippen molar-refractivity contribution in [2.45, 2.75) is 175 Å². The quantitative estimate of drug-likeness (QED) is 0.161. The summed E-state index contributed by atoms with van der Waals surface area (Å²) in [6, 6.07) is 32.6. The summed E-state index contributed by atoms with van der Waals surface area (Å²) >= 11 is 0. The molecular weight excluding hydrogens is 723 g/mol. The Morgan fingerprint density at radius 1 is 0.417 bits per heavy atom. The van der Waals surface area contributed by atoms with E-state index in [4.69, 9.17) is 0 Å². The van der Waals surface area contributed by atoms with E-state index in [0.29, 0.717) is 0 Å². The van der Waals surface area contributed by atoms with Crippen LogP contribution in [0, 0.1) is 6.92 Å². The molecule has 60 heavy (non-hydrogen) atoms. The molecule has 2 heterocycles. The maximum Gasteiger partial charge on any atom is 0.252 e. The van der Waals surface area contributed by atoms with Gasteiger partial charge in [-0.05, 0) is 161 Å². The molecule has 0 radical (unpaired) electrons. The Morgan fingerprint density at radius 3 is 1.45 bits per heavy atom. The van der Waals surface area contributed by atoms with E-state index < -0.39 is 0 Å². The third kappa shape index (κ3) is 6.09. The second kappa shape index (κ2) is 12.4. The molecule has 2 aliphatic heterocycles. The van der Waals surface area contributed by atoms with Crippen LogP contribution in [-0.4, -0.2) is 6.71 Å². The Hall–Kier alpha value is -4.24. The van der Waals surface area contributed by atoms with E-state index in [1.54, 1.807) is 0 Å². The highest BCUT2D eigenvalue weighted by molar-refractivity contribution is 7.00. The molecule has 0 saturated carbocycles. The molecule has 0 bridgehead atoms. The summed E-state index contributed by atoms with van der Waals surface area (Å²) in [6.45, 7) is 43.3. The fourth-order valence-electron chi connectivity index (χ4n) is 12.4. The molecule has 0 atom stereocenters. The summed E-state index contributed by atoms with van der Waals surface area (Å²) in [5.41, 5.74) is 23.8. The van der Waals surface area contributed by atoms with Gasteiger partial charge in [-0.1, -0.05) is 154 Å². The first kappa shape index (κ1) is 41.1. The molecule has 2 aliphatic carbocycles. The van der Waals surface area contributed by atoms with Gasteiger partial charge in [0.25, 0.3) is 6.71 Å². The van der Waals surface area contributed by atoms with Crippen LogP contribution >= 0.6 is 0 Å². The molecule has 0 saturated heterocycles. The summed E-state index contributed by atoms with van der Waals surface area (Å²) in [4.78, 5) is 5.36. The number of rotatable bonds is 2. The van der Waals surface area contributed by atoms with Gasteiger partial charge in [-0.15, -0.1) is 0 Å². The summed E-state index contributed by atoms with van der Waals surface area (Å²) in [6.07, 6.45) is 2.29. The molecule has 2 nitrogen and oxygen atoms in total. The predicted molar refractivity (Wildman–Crippen MR) is 263 cm³/mol. The number of nitrogens with zero attached hydrogens (tertiary/aromatic N) is 2. The molecule has 4 aliphatic rings. The van der Waals surface area contributed by atoms with Gasteiger partial charge >= 0.3 is 0 Å². The molecule has 312 valence electrons. The summed E-state index contributed by atoms with van der Waals surface area (Å²) in [5.74, 6) is 0. The van der Waals surface area contributed by atoms with Gasteiger partial charge < -0.3 is 9.80 Å². The van der Waals surface area contributed by atoms with Crippen molar-refractivity contribution in [2.75, 3.05) is 9.80 Å². The second-order valence-electron chi connectivity index (χ2n) is 25.1. The topological polar surface area (TPSA) is 6.48 Å². The number of aryl methyl sites for hydroxylation is 1. The van der Waals surface area contributed by atoms with E-state index in [1.807, 2.05) is 0 Å². The minimum atomic E-state index is -0.0782. The van der Waals surface area contributed by atoms with Gasteiger partial charge in [0.05, 0.1) is 0 Å². The van der Waals surface area contributed by atoms with Gasteiger partial charge in [-0.25, -0.2) is 0 Å². The van der Waals surface area contributed by atoms with Gasteiger partial charge in [-0.2, -0.15) is 0 Å². The van der Waals surface area contributed by atoms with Gasteiger partial charge in [-0.3, -0.25) is 0 Å². The van der Waals surface area contributed by atoms with E-state index in [2.05, 4.69) is 213 Å². The number of hydrogen-bond donors (Lipinski definition) is 0. The predicted octanol–water partition coefficient (Wildman–Crippen LogP) is 13.9. The zero-order valence-corrected chi connectivity index (χ0v) is 40.4. The first-order valence-corrected chi connectivity index (χ1v) is 22.9. The first-order valence-electron chi connectivity index (χ1n) is 22.9. The van der Waals surface area contributed by atoms with Crippen molar-refractivity contribution in [2.24, 2.45) is 0 Å². The molecule has 5 aromatic carbocycles. The van der Waals surface area contributed by atoms with Crippen molar-refractivity contribution in [3.63, 3.8) is 0 Å². The third-order valence-electron chi connectivity index (χ3n) is 15.2. The zero-order chi connectivity index (χ0) is 43.7. The zero-order valence-electron chi connectivity index (χ0n) is 40.4. The molecule has 5 aromatic rings. The van der Waals surface area contributed by atoms with Crippen LogP contribution in [0.4, 0.5) is 34.1 Å². The van der Waals surface area contributed by atoms with Crippen LogP contribution in [0.25, 0.3) is 0 Å². The van der Waals surface area contributed by atoms with Crippen LogP contribution in [0.1, 0.15) is 175 Å². The van der Waals surface area contributed by atoms with Crippen molar-refractivity contribution in [1.82, 2.24) is 0 Å². The Morgan fingerprint density at radius 2 is 0.883 bits per heavy atom. The molecule has 9 rings (SSSR count). The van der Waals surface area contributed by atoms with Crippen molar-refractivity contribution in [3.8, 4) is 0 Å². The van der Waals surface area contributed by atoms with Crippen LogP contribution in [0.5, 0.6) is 0 Å². The maximum absolute atomic E-state index is 2.70. The molecule has 0 fully saturated rings. The number of anilines is 6. The standard InChI is InChI=1S/C57H71BN2/c1-34-25-35(51(2,3)4)20-24-45(34)60-46-26-36(52(5,6)7)19-23-43(46)58-44-30-41-42(57(17,18)33-56(41,15)16)31-47(44)59(48-27-37(53(8,9)10)28-49(60)50(48)58)38-21-22-39-40(29-38)55(13,14)32-54(39,11)12/h19-31H,32-33H2,1-18H3. The van der Waals surface area contributed by atoms with E-state index in [9.17, 15) is 0 Å². The lowest BCUT2D eigenvalue weighted by Gasteiger charge is -2.46. The van der Waals surface area contributed by atoms with E-state index in [1.165, 1.54) is 95.0 Å². The van der Waals surface area contributed by atoms with Crippen LogP contribution in [-0.2, 0) is 37.9 Å². The lowest BCUT2D eigenvalue weighted by molar-refractivity contribution is 0.403. The summed E-state index contributed by atoms with van der Waals surface area (Å²) < 4.78 is 0. The highest BCUT2D eigenvalue weighted by Gasteiger charge is 2.49. The van der Waals surface area contributed by atoms with E-state index in [0.717, 1.165) is 12.8 Å². The largest absolute Gasteiger partial charge is 0.311 e. The molecule has 0 amide bonds. The van der Waals surface area contributed by atoms with E-state index in [-0.39, 0.29) is 44.6 Å². The summed E-state index contributed by atoms with van der Waals surface area (Å²) in [5, 5.41) is 0. The average molecular weight is 795 g/mol. The number of hydrogen-bond acceptors (Lipinski definition) is 2. The normalized spacial score (nSPS) is 19.1. The van der Waals surface area contributed by atoms with E-state index >= 15 is 0 Å². The lowest BCUT2D eigenvalue weighted by atomic mass is 9.33. The van der Waals surface area contributed by atoms with Crippen LogP contribution < -0.4 is 26.2 Å². The first-order chi connectivity index (χ1) is 27.5. The van der Waals surface area contributed by atoms with Crippen molar-refractivity contribution < 1.29 is 0 Å². The molecular formula is C57H71BN2. The molecule has 0 N–H and O–H groups in total. The van der Waals surface area contributed by atoms with Crippen molar-refractivity contribution in [3.05, 3.63) is 123 Å². The maximum atomic E-state index is 2.70. The highest BCUT2D eigenvalue weighted by Crippen LogP contribution is 2.55. The Kier molecular flexibility index (Phi) is 8.54. The Bertz CT molecular complexity index is 2630. The SMILES string of the molecule is Cc1cc(C(C)(C)C)ccc1N1c2cc(C(C)(C)C)ccc2B2c3cc4c(cc3N(c3ccc5c(c3)C(C)(C)CC5(C)C)c3cc(C(C)(C)C)cc1c32)C(C)(C)CC4(C)C. The highest BCUT2D eigenvalue weighted by atomic mass is 15.2. The average Bonchev–Trinajstić information content (AvgIpc) is 3.42. The minimum absolute atomic E-state index is 0.00184. The fraction of sp³-hybridized carbons (Fsp3) is 0.474. The molecule has 0 unspecified atom stereocenters.